The summed E-state index contributed by atoms with van der Waals surface area (Å²) in [6.45, 7) is 0. The van der Waals surface area contributed by atoms with Crippen molar-refractivity contribution in [2.24, 2.45) is 0 Å². The summed E-state index contributed by atoms with van der Waals surface area (Å²) in [7, 11) is 0. The van der Waals surface area contributed by atoms with Gasteiger partial charge in [0.2, 0.25) is 0 Å². The van der Waals surface area contributed by atoms with E-state index >= 15 is 0 Å². The Hall–Kier alpha value is -2.41. The zero-order chi connectivity index (χ0) is 15.2. The van der Waals surface area contributed by atoms with E-state index in [2.05, 4.69) is 4.98 Å². The minimum atomic E-state index is -0.929. The first-order chi connectivity index (χ1) is 10.1. The van der Waals surface area contributed by atoms with Gasteiger partial charge in [0, 0.05) is 6.07 Å². The van der Waals surface area contributed by atoms with Crippen molar-refractivity contribution in [1.29, 1.82) is 0 Å². The lowest BCUT2D eigenvalue weighted by Crippen LogP contribution is -2.19. The van der Waals surface area contributed by atoms with Gasteiger partial charge in [0.1, 0.15) is 5.25 Å². The number of carbonyl (C=O) groups is 1. The molecule has 0 aliphatic heterocycles. The monoisotopic (exact) mass is 304 g/mol. The van der Waals surface area contributed by atoms with Crippen LogP contribution in [0, 0.1) is 10.1 Å². The van der Waals surface area contributed by atoms with Crippen LogP contribution in [0.5, 0.6) is 0 Å². The van der Waals surface area contributed by atoms with Crippen LogP contribution in [0.25, 0.3) is 0 Å². The number of aromatic nitrogens is 1. The van der Waals surface area contributed by atoms with Crippen LogP contribution in [0.3, 0.4) is 0 Å². The molecule has 0 bridgehead atoms. The van der Waals surface area contributed by atoms with E-state index in [9.17, 15) is 20.0 Å². The van der Waals surface area contributed by atoms with Crippen molar-refractivity contribution >= 4 is 23.5 Å². The van der Waals surface area contributed by atoms with Crippen LogP contribution in [0.4, 0.5) is 5.82 Å². The van der Waals surface area contributed by atoms with E-state index < -0.39 is 16.1 Å². The minimum absolute atomic E-state index is 0.255. The van der Waals surface area contributed by atoms with Crippen LogP contribution < -0.4 is 0 Å². The summed E-state index contributed by atoms with van der Waals surface area (Å²) in [6, 6.07) is 12.1. The molecule has 7 heteroatoms. The number of hydrogen-bond acceptors (Lipinski definition) is 5. The lowest BCUT2D eigenvalue weighted by atomic mass is 10.1. The van der Waals surface area contributed by atoms with Crippen LogP contribution in [-0.2, 0) is 11.2 Å². The molecule has 0 aliphatic carbocycles. The van der Waals surface area contributed by atoms with Gasteiger partial charge in [0.15, 0.2) is 6.20 Å². The number of hydrogen-bond donors (Lipinski definition) is 1. The number of thioether (sulfide) groups is 1. The fourth-order valence-corrected chi connectivity index (χ4v) is 2.69. The molecule has 108 valence electrons. The van der Waals surface area contributed by atoms with Crippen LogP contribution in [-0.4, -0.2) is 26.2 Å². The van der Waals surface area contributed by atoms with Gasteiger partial charge in [-0.25, -0.2) is 0 Å². The third kappa shape index (κ3) is 4.28. The van der Waals surface area contributed by atoms with Gasteiger partial charge in [-0.05, 0) is 28.0 Å². The van der Waals surface area contributed by atoms with Crippen molar-refractivity contribution in [3.05, 3.63) is 64.3 Å². The topological polar surface area (TPSA) is 93.3 Å². The summed E-state index contributed by atoms with van der Waals surface area (Å²) in [5, 5.41) is 19.1. The van der Waals surface area contributed by atoms with Crippen molar-refractivity contribution in [2.75, 3.05) is 0 Å². The first-order valence-electron chi connectivity index (χ1n) is 6.10. The van der Waals surface area contributed by atoms with Crippen molar-refractivity contribution in [3.8, 4) is 0 Å². The molecule has 0 amide bonds. The number of pyridine rings is 1. The number of carboxylic acid groups (broad SMARTS) is 1. The lowest BCUT2D eigenvalue weighted by Gasteiger charge is -2.11. The van der Waals surface area contributed by atoms with Gasteiger partial charge >= 0.3 is 11.8 Å². The molecular formula is C14H12N2O4S. The average molecular weight is 304 g/mol. The molecule has 1 aromatic heterocycles. The number of nitrogens with zero attached hydrogens (tertiary/aromatic N) is 2. The van der Waals surface area contributed by atoms with E-state index in [4.69, 9.17) is 0 Å². The second-order valence-corrected chi connectivity index (χ2v) is 5.52. The summed E-state index contributed by atoms with van der Waals surface area (Å²) in [6.07, 6.45) is 1.70. The maximum atomic E-state index is 11.3. The summed E-state index contributed by atoms with van der Waals surface area (Å²) in [5.41, 5.74) is 0.923. The summed E-state index contributed by atoms with van der Waals surface area (Å²) in [5.74, 6) is -1.18. The fraction of sp³-hybridized carbons (Fsp3) is 0.143. The van der Waals surface area contributed by atoms with E-state index in [1.54, 1.807) is 0 Å². The van der Waals surface area contributed by atoms with E-state index in [1.807, 2.05) is 30.3 Å². The molecule has 0 spiro atoms. The summed E-state index contributed by atoms with van der Waals surface area (Å²) < 4.78 is 0. The van der Waals surface area contributed by atoms with Gasteiger partial charge < -0.3 is 15.2 Å². The number of carboxylic acids is 1. The predicted molar refractivity (Wildman–Crippen MR) is 78.3 cm³/mol. The highest BCUT2D eigenvalue weighted by Crippen LogP contribution is 2.26. The number of rotatable bonds is 6. The Morgan fingerprint density at radius 2 is 2.00 bits per heavy atom. The molecule has 0 radical (unpaired) electrons. The Bertz CT molecular complexity index is 631. The molecule has 1 heterocycles. The zero-order valence-electron chi connectivity index (χ0n) is 10.9. The Kier molecular flexibility index (Phi) is 4.89. The quantitative estimate of drug-likeness (QED) is 0.501. The Labute approximate surface area is 125 Å². The summed E-state index contributed by atoms with van der Waals surface area (Å²) >= 11 is 1.13. The minimum Gasteiger partial charge on any atom is -0.480 e. The Morgan fingerprint density at radius 1 is 1.29 bits per heavy atom. The van der Waals surface area contributed by atoms with Gasteiger partial charge in [0.05, 0.1) is 4.90 Å². The van der Waals surface area contributed by atoms with Gasteiger partial charge in [-0.2, -0.15) is 0 Å². The maximum Gasteiger partial charge on any atom is 0.363 e. The van der Waals surface area contributed by atoms with Crippen molar-refractivity contribution in [1.82, 2.24) is 4.98 Å². The van der Waals surface area contributed by atoms with Crippen molar-refractivity contribution < 1.29 is 14.8 Å². The molecule has 6 nitrogen and oxygen atoms in total. The number of aliphatic carboxylic acids is 1. The molecule has 1 unspecified atom stereocenters. The Morgan fingerprint density at radius 3 is 2.52 bits per heavy atom. The van der Waals surface area contributed by atoms with Gasteiger partial charge in [0.25, 0.3) is 0 Å². The Balaban J connectivity index is 2.09. The van der Waals surface area contributed by atoms with Gasteiger partial charge in [-0.15, -0.1) is 11.8 Å². The smallest absolute Gasteiger partial charge is 0.363 e. The molecule has 0 aliphatic rings. The molecule has 2 rings (SSSR count). The van der Waals surface area contributed by atoms with E-state index in [1.165, 1.54) is 18.3 Å². The number of benzene rings is 1. The van der Waals surface area contributed by atoms with E-state index in [0.717, 1.165) is 17.3 Å². The highest BCUT2D eigenvalue weighted by Gasteiger charge is 2.20. The van der Waals surface area contributed by atoms with E-state index in [0.29, 0.717) is 11.3 Å². The van der Waals surface area contributed by atoms with Crippen molar-refractivity contribution in [2.45, 2.75) is 16.6 Å². The molecule has 21 heavy (non-hydrogen) atoms. The van der Waals surface area contributed by atoms with Gasteiger partial charge in [-0.1, -0.05) is 30.3 Å². The second-order valence-electron chi connectivity index (χ2n) is 4.24. The maximum absolute atomic E-state index is 11.3. The average Bonchev–Trinajstić information content (AvgIpc) is 2.48. The molecule has 0 saturated carbocycles. The SMILES string of the molecule is O=C(O)C(Cc1ccccc1)Sc1ccc([N+](=O)[O-])nc1. The van der Waals surface area contributed by atoms with Crippen LogP contribution >= 0.6 is 11.8 Å². The second kappa shape index (κ2) is 6.85. The standard InChI is InChI=1S/C14H12N2O4S/c17-14(18)12(8-10-4-2-1-3-5-10)21-11-6-7-13(15-9-11)16(19)20/h1-7,9,12H,8H2,(H,17,18). The zero-order valence-corrected chi connectivity index (χ0v) is 11.7. The van der Waals surface area contributed by atoms with Crippen LogP contribution in [0.2, 0.25) is 0 Å². The number of nitro groups is 1. The first kappa shape index (κ1) is 15.0. The lowest BCUT2D eigenvalue weighted by molar-refractivity contribution is -0.389. The largest absolute Gasteiger partial charge is 0.480 e. The third-order valence-corrected chi connectivity index (χ3v) is 3.89. The molecular weight excluding hydrogens is 292 g/mol. The van der Waals surface area contributed by atoms with Crippen molar-refractivity contribution in [3.63, 3.8) is 0 Å². The molecule has 1 N–H and O–H groups in total. The normalized spacial score (nSPS) is 11.8. The third-order valence-electron chi connectivity index (χ3n) is 2.73. The first-order valence-corrected chi connectivity index (χ1v) is 6.98. The molecule has 1 atom stereocenters. The van der Waals surface area contributed by atoms with E-state index in [-0.39, 0.29) is 5.82 Å². The highest BCUT2D eigenvalue weighted by atomic mass is 32.2. The molecule has 1 aromatic carbocycles. The predicted octanol–water partition coefficient (Wildman–Crippen LogP) is 2.78. The summed E-state index contributed by atoms with van der Waals surface area (Å²) in [4.78, 5) is 25.5. The molecule has 2 aromatic rings. The van der Waals surface area contributed by atoms with Crippen LogP contribution in [0.15, 0.2) is 53.6 Å². The molecule has 0 fully saturated rings. The van der Waals surface area contributed by atoms with Crippen LogP contribution in [0.1, 0.15) is 5.56 Å². The van der Waals surface area contributed by atoms with Gasteiger partial charge in [-0.3, -0.25) is 4.79 Å². The molecule has 0 saturated heterocycles. The fourth-order valence-electron chi connectivity index (χ4n) is 1.72. The highest BCUT2D eigenvalue weighted by molar-refractivity contribution is 8.00.